The van der Waals surface area contributed by atoms with E-state index >= 15 is 0 Å². The van der Waals surface area contributed by atoms with Crippen LogP contribution in [-0.4, -0.2) is 36.3 Å². The van der Waals surface area contributed by atoms with Crippen molar-refractivity contribution in [3.8, 4) is 0 Å². The predicted molar refractivity (Wildman–Crippen MR) is 115 cm³/mol. The van der Waals surface area contributed by atoms with Crippen molar-refractivity contribution < 1.29 is 19.2 Å². The van der Waals surface area contributed by atoms with E-state index in [4.69, 9.17) is 31.9 Å². The van der Waals surface area contributed by atoms with Gasteiger partial charge in [0.15, 0.2) is 0 Å². The third-order valence-corrected chi connectivity index (χ3v) is 4.68. The fourth-order valence-electron chi connectivity index (χ4n) is 2.98. The van der Waals surface area contributed by atoms with E-state index in [-0.39, 0.29) is 18.1 Å². The van der Waals surface area contributed by atoms with Crippen LogP contribution in [0.1, 0.15) is 23.1 Å². The van der Waals surface area contributed by atoms with Crippen LogP contribution in [0, 0.1) is 10.8 Å². The zero-order chi connectivity index (χ0) is 22.6. The minimum Gasteiger partial charge on any atom is -0.469 e. The van der Waals surface area contributed by atoms with Crippen molar-refractivity contribution in [2.45, 2.75) is 12.0 Å². The Morgan fingerprint density at radius 2 is 1.77 bits per heavy atom. The van der Waals surface area contributed by atoms with Crippen LogP contribution in [0.25, 0.3) is 5.70 Å². The van der Waals surface area contributed by atoms with Crippen LogP contribution < -0.4 is 22.3 Å². The normalized spacial score (nSPS) is 17.3. The van der Waals surface area contributed by atoms with Gasteiger partial charge in [-0.25, -0.2) is 0 Å². The predicted octanol–water partition coefficient (Wildman–Crippen LogP) is 1.07. The number of benzene rings is 2. The Hall–Kier alpha value is -4.18. The minimum absolute atomic E-state index is 0.0663. The van der Waals surface area contributed by atoms with Crippen molar-refractivity contribution in [2.24, 2.45) is 11.5 Å². The first-order chi connectivity index (χ1) is 14.7. The third-order valence-electron chi connectivity index (χ3n) is 4.68. The van der Waals surface area contributed by atoms with Gasteiger partial charge >= 0.3 is 5.97 Å². The van der Waals surface area contributed by atoms with E-state index in [2.05, 4.69) is 10.8 Å². The molecule has 160 valence electrons. The summed E-state index contributed by atoms with van der Waals surface area (Å²) in [4.78, 5) is 30.7. The molecule has 1 unspecified atom stereocenters. The van der Waals surface area contributed by atoms with Crippen LogP contribution in [0.4, 0.5) is 5.69 Å². The highest BCUT2D eigenvalue weighted by molar-refractivity contribution is 6.04. The molecule has 31 heavy (non-hydrogen) atoms. The fourth-order valence-corrected chi connectivity index (χ4v) is 2.98. The van der Waals surface area contributed by atoms with Crippen LogP contribution >= 0.6 is 0 Å². The molecule has 0 saturated carbocycles. The topological polar surface area (TPSA) is 176 Å². The Labute approximate surface area is 178 Å². The number of esters is 1. The average molecular weight is 422 g/mol. The first-order valence-electron chi connectivity index (χ1n) is 9.18. The molecule has 0 fully saturated rings. The first kappa shape index (κ1) is 21.5. The molecule has 3 rings (SSSR count). The fraction of sp³-hybridized carbons (Fsp3) is 0.143. The SMILES string of the molecule is COC(=O)CC1(C(=O)Nc2cccc(C(=N)N)c2)C=C(c2ccc(C(=N)N)cc2)NO1. The lowest BCUT2D eigenvalue weighted by atomic mass is 9.95. The zero-order valence-corrected chi connectivity index (χ0v) is 16.7. The quantitative estimate of drug-likeness (QED) is 0.219. The highest BCUT2D eigenvalue weighted by Crippen LogP contribution is 2.31. The Balaban J connectivity index is 1.91. The van der Waals surface area contributed by atoms with Gasteiger partial charge in [0.25, 0.3) is 5.91 Å². The third kappa shape index (κ3) is 4.70. The van der Waals surface area contributed by atoms with Crippen molar-refractivity contribution in [3.63, 3.8) is 0 Å². The van der Waals surface area contributed by atoms with E-state index in [1.54, 1.807) is 48.5 Å². The summed E-state index contributed by atoms with van der Waals surface area (Å²) in [6.45, 7) is 0. The smallest absolute Gasteiger partial charge is 0.309 e. The zero-order valence-electron chi connectivity index (χ0n) is 16.7. The maximum Gasteiger partial charge on any atom is 0.309 e. The number of hydrogen-bond acceptors (Lipinski definition) is 7. The highest BCUT2D eigenvalue weighted by atomic mass is 16.7. The number of carbonyl (C=O) groups excluding carboxylic acids is 2. The summed E-state index contributed by atoms with van der Waals surface area (Å²) < 4.78 is 4.73. The molecule has 1 aliphatic heterocycles. The van der Waals surface area contributed by atoms with Crippen molar-refractivity contribution in [1.29, 1.82) is 10.8 Å². The number of ether oxygens (including phenoxy) is 1. The van der Waals surface area contributed by atoms with Crippen molar-refractivity contribution in [2.75, 3.05) is 12.4 Å². The molecule has 10 heteroatoms. The largest absolute Gasteiger partial charge is 0.469 e. The van der Waals surface area contributed by atoms with Gasteiger partial charge in [0, 0.05) is 16.8 Å². The lowest BCUT2D eigenvalue weighted by Crippen LogP contribution is -2.45. The summed E-state index contributed by atoms with van der Waals surface area (Å²) in [5.41, 5.74) is 14.5. The number of hydrogen-bond donors (Lipinski definition) is 6. The summed E-state index contributed by atoms with van der Waals surface area (Å²) >= 11 is 0. The second-order valence-corrected chi connectivity index (χ2v) is 6.84. The summed E-state index contributed by atoms with van der Waals surface area (Å²) in [6, 6.07) is 13.2. The van der Waals surface area contributed by atoms with E-state index in [0.717, 1.165) is 0 Å². The number of carbonyl (C=O) groups is 2. The highest BCUT2D eigenvalue weighted by Gasteiger charge is 2.45. The van der Waals surface area contributed by atoms with Crippen LogP contribution in [0.15, 0.2) is 54.6 Å². The molecule has 0 saturated heterocycles. The molecule has 2 aromatic rings. The molecule has 0 bridgehead atoms. The number of nitrogens with two attached hydrogens (primary N) is 2. The van der Waals surface area contributed by atoms with Gasteiger partial charge in [0.05, 0.1) is 19.2 Å². The van der Waals surface area contributed by atoms with Crippen molar-refractivity contribution in [3.05, 3.63) is 71.3 Å². The molecule has 0 radical (unpaired) electrons. The molecule has 0 spiro atoms. The molecular formula is C21H22N6O4. The Morgan fingerprint density at radius 1 is 1.10 bits per heavy atom. The van der Waals surface area contributed by atoms with Gasteiger partial charge < -0.3 is 21.5 Å². The summed E-state index contributed by atoms with van der Waals surface area (Å²) in [5, 5.41) is 17.7. The van der Waals surface area contributed by atoms with Gasteiger partial charge in [-0.15, -0.1) is 0 Å². The van der Waals surface area contributed by atoms with E-state index < -0.39 is 17.5 Å². The molecule has 2 aromatic carbocycles. The van der Waals surface area contributed by atoms with Crippen molar-refractivity contribution >= 4 is 34.9 Å². The van der Waals surface area contributed by atoms with Gasteiger partial charge in [0.2, 0.25) is 5.60 Å². The monoisotopic (exact) mass is 422 g/mol. The van der Waals surface area contributed by atoms with Crippen LogP contribution in [0.3, 0.4) is 0 Å². The van der Waals surface area contributed by atoms with Crippen LogP contribution in [-0.2, 0) is 19.2 Å². The minimum atomic E-state index is -1.67. The number of hydroxylamine groups is 1. The maximum absolute atomic E-state index is 13.1. The van der Waals surface area contributed by atoms with E-state index in [9.17, 15) is 9.59 Å². The van der Waals surface area contributed by atoms with Gasteiger partial charge in [0.1, 0.15) is 11.7 Å². The van der Waals surface area contributed by atoms with Crippen LogP contribution in [0.5, 0.6) is 0 Å². The van der Waals surface area contributed by atoms with Crippen LogP contribution in [0.2, 0.25) is 0 Å². The molecule has 8 N–H and O–H groups in total. The lowest BCUT2D eigenvalue weighted by Gasteiger charge is -2.23. The van der Waals surface area contributed by atoms with Gasteiger partial charge in [-0.2, -0.15) is 0 Å². The van der Waals surface area contributed by atoms with Gasteiger partial charge in [-0.05, 0) is 23.8 Å². The summed E-state index contributed by atoms with van der Waals surface area (Å²) in [5.74, 6) is -1.46. The Bertz CT molecular complexity index is 1080. The maximum atomic E-state index is 13.1. The summed E-state index contributed by atoms with van der Waals surface area (Å²) in [7, 11) is 1.22. The molecule has 0 aromatic heterocycles. The lowest BCUT2D eigenvalue weighted by molar-refractivity contribution is -0.154. The molecule has 1 amide bonds. The number of methoxy groups -OCH3 is 1. The number of nitrogen functional groups attached to an aromatic ring is 2. The number of amidine groups is 2. The van der Waals surface area contributed by atoms with E-state index in [0.29, 0.717) is 28.1 Å². The van der Waals surface area contributed by atoms with Gasteiger partial charge in [-0.1, -0.05) is 36.4 Å². The molecule has 10 nitrogen and oxygen atoms in total. The molecule has 1 atom stereocenters. The molecule has 1 heterocycles. The molecule has 1 aliphatic rings. The number of amides is 1. The summed E-state index contributed by atoms with van der Waals surface area (Å²) in [6.07, 6.45) is 1.13. The first-order valence-corrected chi connectivity index (χ1v) is 9.18. The number of nitrogens with one attached hydrogen (secondary N) is 4. The van der Waals surface area contributed by atoms with E-state index in [1.807, 2.05) is 0 Å². The van der Waals surface area contributed by atoms with E-state index in [1.165, 1.54) is 13.2 Å². The standard InChI is InChI=1S/C21H22N6O4/c1-30-17(28)11-21(20(29)26-15-4-2-3-14(9-15)19(24)25)10-16(27-31-21)12-5-7-13(8-6-12)18(22)23/h2-10,27H,11H2,1H3,(H3,22,23)(H3,24,25)(H,26,29). The average Bonchev–Trinajstić information content (AvgIpc) is 3.19. The molecular weight excluding hydrogens is 400 g/mol. The number of rotatable bonds is 7. The number of anilines is 1. The Morgan fingerprint density at radius 3 is 2.39 bits per heavy atom. The second-order valence-electron chi connectivity index (χ2n) is 6.84. The van der Waals surface area contributed by atoms with Gasteiger partial charge in [-0.3, -0.25) is 30.7 Å². The second kappa shape index (κ2) is 8.67. The molecule has 0 aliphatic carbocycles. The Kier molecular flexibility index (Phi) is 6.02. The van der Waals surface area contributed by atoms with Crippen molar-refractivity contribution in [1.82, 2.24) is 5.48 Å².